The molecule has 0 aliphatic carbocycles. The van der Waals surface area contributed by atoms with E-state index >= 15 is 0 Å². The van der Waals surface area contributed by atoms with E-state index in [0.29, 0.717) is 17.3 Å². The smallest absolute Gasteiger partial charge is 0.254 e. The Morgan fingerprint density at radius 3 is 2.76 bits per heavy atom. The summed E-state index contributed by atoms with van der Waals surface area (Å²) in [5.41, 5.74) is 7.06. The Kier molecular flexibility index (Phi) is 2.82. The fraction of sp³-hybridized carbons (Fsp3) is 0.167. The largest absolute Gasteiger partial charge is 0.437 e. The lowest BCUT2D eigenvalue weighted by Gasteiger charge is -2.08. The van der Waals surface area contributed by atoms with Gasteiger partial charge >= 0.3 is 0 Å². The van der Waals surface area contributed by atoms with Crippen LogP contribution in [0.15, 0.2) is 29.1 Å². The quantitative estimate of drug-likeness (QED) is 0.772. The van der Waals surface area contributed by atoms with Crippen molar-refractivity contribution in [2.24, 2.45) is 0 Å². The van der Waals surface area contributed by atoms with Gasteiger partial charge in [0.15, 0.2) is 5.75 Å². The van der Waals surface area contributed by atoms with Crippen LogP contribution in [0.2, 0.25) is 0 Å². The molecular weight excluding hydrogens is 218 g/mol. The Hall–Kier alpha value is -2.30. The summed E-state index contributed by atoms with van der Waals surface area (Å²) in [6, 6.07) is 6.73. The highest BCUT2D eigenvalue weighted by Crippen LogP contribution is 2.26. The second kappa shape index (κ2) is 4.29. The normalized spacial score (nSPS) is 10.2. The third kappa shape index (κ3) is 2.63. The number of nitrogens with two attached hydrogens (primary N) is 1. The predicted molar refractivity (Wildman–Crippen MR) is 65.3 cm³/mol. The topological polar surface area (TPSA) is 81.0 Å². The van der Waals surface area contributed by atoms with E-state index in [1.165, 1.54) is 6.07 Å². The van der Waals surface area contributed by atoms with Gasteiger partial charge in [0.05, 0.1) is 11.8 Å². The molecule has 0 fully saturated rings. The zero-order valence-electron chi connectivity index (χ0n) is 9.65. The maximum absolute atomic E-state index is 11.2. The van der Waals surface area contributed by atoms with Gasteiger partial charge in [0, 0.05) is 0 Å². The summed E-state index contributed by atoms with van der Waals surface area (Å²) in [6.45, 7) is 3.62. The molecule has 1 aromatic heterocycles. The molecule has 0 spiro atoms. The van der Waals surface area contributed by atoms with Gasteiger partial charge in [0.2, 0.25) is 5.88 Å². The van der Waals surface area contributed by atoms with Crippen LogP contribution >= 0.6 is 0 Å². The Morgan fingerprint density at radius 1 is 1.29 bits per heavy atom. The average Bonchev–Trinajstić information content (AvgIpc) is 2.22. The number of benzene rings is 1. The number of nitrogens with one attached hydrogen (secondary N) is 1. The van der Waals surface area contributed by atoms with Crippen molar-refractivity contribution < 1.29 is 4.74 Å². The maximum atomic E-state index is 11.2. The van der Waals surface area contributed by atoms with E-state index in [1.807, 2.05) is 13.0 Å². The van der Waals surface area contributed by atoms with E-state index in [0.717, 1.165) is 5.56 Å². The van der Waals surface area contributed by atoms with E-state index in [2.05, 4.69) is 9.97 Å². The number of aromatic amines is 1. The van der Waals surface area contributed by atoms with Crippen molar-refractivity contribution in [3.05, 3.63) is 46.0 Å². The SMILES string of the molecule is Cc1ccc(N)c(Oc2cc(=O)[nH]c(C)n2)c1. The first-order chi connectivity index (χ1) is 8.04. The lowest BCUT2D eigenvalue weighted by atomic mass is 10.2. The molecule has 0 amide bonds. The third-order valence-electron chi connectivity index (χ3n) is 2.22. The average molecular weight is 231 g/mol. The number of anilines is 1. The summed E-state index contributed by atoms with van der Waals surface area (Å²) in [4.78, 5) is 17.9. The Morgan fingerprint density at radius 2 is 2.06 bits per heavy atom. The molecule has 0 aliphatic heterocycles. The van der Waals surface area contributed by atoms with E-state index in [4.69, 9.17) is 10.5 Å². The molecule has 1 aromatic carbocycles. The Balaban J connectivity index is 2.37. The van der Waals surface area contributed by atoms with Crippen LogP contribution in [0.4, 0.5) is 5.69 Å². The molecule has 1 heterocycles. The van der Waals surface area contributed by atoms with Crippen LogP contribution in [0.25, 0.3) is 0 Å². The molecule has 2 aromatic rings. The first-order valence-corrected chi connectivity index (χ1v) is 5.16. The Labute approximate surface area is 98.3 Å². The summed E-state index contributed by atoms with van der Waals surface area (Å²) < 4.78 is 5.50. The minimum atomic E-state index is -0.251. The number of hydrogen-bond acceptors (Lipinski definition) is 4. The number of aryl methyl sites for hydroxylation is 2. The first kappa shape index (κ1) is 11.2. The van der Waals surface area contributed by atoms with Gasteiger partial charge in [-0.05, 0) is 31.5 Å². The van der Waals surface area contributed by atoms with Crippen molar-refractivity contribution in [2.45, 2.75) is 13.8 Å². The molecule has 0 radical (unpaired) electrons. The molecule has 3 N–H and O–H groups in total. The van der Waals surface area contributed by atoms with Crippen LogP contribution in [-0.2, 0) is 0 Å². The molecule has 5 nitrogen and oxygen atoms in total. The summed E-state index contributed by atoms with van der Waals surface area (Å²) >= 11 is 0. The lowest BCUT2D eigenvalue weighted by molar-refractivity contribution is 0.460. The molecule has 0 bridgehead atoms. The number of aromatic nitrogens is 2. The zero-order chi connectivity index (χ0) is 12.4. The molecule has 0 unspecified atom stereocenters. The number of nitrogen functional groups attached to an aromatic ring is 1. The van der Waals surface area contributed by atoms with Gasteiger partial charge in [-0.25, -0.2) is 4.98 Å². The van der Waals surface area contributed by atoms with E-state index < -0.39 is 0 Å². The summed E-state index contributed by atoms with van der Waals surface area (Å²) in [5, 5.41) is 0. The van der Waals surface area contributed by atoms with Crippen molar-refractivity contribution >= 4 is 5.69 Å². The molecular formula is C12H13N3O2. The van der Waals surface area contributed by atoms with Crippen LogP contribution in [0, 0.1) is 13.8 Å². The molecule has 5 heteroatoms. The number of rotatable bonds is 2. The molecule has 0 saturated heterocycles. The summed E-state index contributed by atoms with van der Waals surface area (Å²) in [6.07, 6.45) is 0. The number of nitrogens with zero attached hydrogens (tertiary/aromatic N) is 1. The molecule has 0 atom stereocenters. The standard InChI is InChI=1S/C12H13N3O2/c1-7-3-4-9(13)10(5-7)17-12-6-11(16)14-8(2)15-12/h3-6H,13H2,1-2H3,(H,14,15,16). The lowest BCUT2D eigenvalue weighted by Crippen LogP contribution is -2.08. The highest BCUT2D eigenvalue weighted by atomic mass is 16.5. The van der Waals surface area contributed by atoms with E-state index in [-0.39, 0.29) is 11.4 Å². The van der Waals surface area contributed by atoms with Crippen molar-refractivity contribution in [2.75, 3.05) is 5.73 Å². The van der Waals surface area contributed by atoms with E-state index in [1.54, 1.807) is 19.1 Å². The van der Waals surface area contributed by atoms with Crippen LogP contribution in [0.3, 0.4) is 0 Å². The minimum absolute atomic E-state index is 0.239. The van der Waals surface area contributed by atoms with Gasteiger partial charge in [-0.2, -0.15) is 0 Å². The summed E-state index contributed by atoms with van der Waals surface area (Å²) in [7, 11) is 0. The van der Waals surface area contributed by atoms with Crippen molar-refractivity contribution in [3.8, 4) is 11.6 Å². The highest BCUT2D eigenvalue weighted by molar-refractivity contribution is 5.54. The van der Waals surface area contributed by atoms with Gasteiger partial charge in [-0.15, -0.1) is 0 Å². The molecule has 2 rings (SSSR count). The molecule has 17 heavy (non-hydrogen) atoms. The third-order valence-corrected chi connectivity index (χ3v) is 2.22. The van der Waals surface area contributed by atoms with Crippen molar-refractivity contribution in [1.29, 1.82) is 0 Å². The van der Waals surface area contributed by atoms with Gasteiger partial charge in [-0.3, -0.25) is 4.79 Å². The number of ether oxygens (including phenoxy) is 1. The number of H-pyrrole nitrogens is 1. The number of hydrogen-bond donors (Lipinski definition) is 2. The van der Waals surface area contributed by atoms with Crippen molar-refractivity contribution in [3.63, 3.8) is 0 Å². The first-order valence-electron chi connectivity index (χ1n) is 5.16. The van der Waals surface area contributed by atoms with Gasteiger partial charge < -0.3 is 15.5 Å². The van der Waals surface area contributed by atoms with E-state index in [9.17, 15) is 4.79 Å². The maximum Gasteiger partial charge on any atom is 0.254 e. The second-order valence-corrected chi connectivity index (χ2v) is 3.81. The predicted octanol–water partition coefficient (Wildman–Crippen LogP) is 1.76. The molecule has 0 saturated carbocycles. The monoisotopic (exact) mass is 231 g/mol. The van der Waals surface area contributed by atoms with Crippen LogP contribution in [0.1, 0.15) is 11.4 Å². The molecule has 0 aliphatic rings. The van der Waals surface area contributed by atoms with Crippen LogP contribution in [0.5, 0.6) is 11.6 Å². The van der Waals surface area contributed by atoms with Gasteiger partial charge in [0.25, 0.3) is 5.56 Å². The minimum Gasteiger partial charge on any atom is -0.437 e. The van der Waals surface area contributed by atoms with Crippen LogP contribution in [-0.4, -0.2) is 9.97 Å². The summed E-state index contributed by atoms with van der Waals surface area (Å²) in [5.74, 6) is 1.24. The van der Waals surface area contributed by atoms with Gasteiger partial charge in [-0.1, -0.05) is 6.07 Å². The van der Waals surface area contributed by atoms with Gasteiger partial charge in [0.1, 0.15) is 5.82 Å². The fourth-order valence-electron chi connectivity index (χ4n) is 1.45. The molecule has 88 valence electrons. The highest BCUT2D eigenvalue weighted by Gasteiger charge is 2.05. The zero-order valence-corrected chi connectivity index (χ0v) is 9.65. The second-order valence-electron chi connectivity index (χ2n) is 3.81. The van der Waals surface area contributed by atoms with Crippen LogP contribution < -0.4 is 16.0 Å². The van der Waals surface area contributed by atoms with Crippen molar-refractivity contribution in [1.82, 2.24) is 9.97 Å². The fourth-order valence-corrected chi connectivity index (χ4v) is 1.45. The Bertz CT molecular complexity index is 605.